The summed E-state index contributed by atoms with van der Waals surface area (Å²) >= 11 is 14.4. The van der Waals surface area contributed by atoms with E-state index >= 15 is 0 Å². The van der Waals surface area contributed by atoms with Gasteiger partial charge in [-0.25, -0.2) is 0 Å². The molecule has 32 valence electrons. The van der Waals surface area contributed by atoms with Gasteiger partial charge in [-0.3, -0.25) is 0 Å². The van der Waals surface area contributed by atoms with Gasteiger partial charge in [0.25, 0.3) is 0 Å². The van der Waals surface area contributed by atoms with Crippen molar-refractivity contribution in [2.75, 3.05) is 0 Å². The molecule has 0 aromatic carbocycles. The van der Waals surface area contributed by atoms with Gasteiger partial charge in [0, 0.05) is 0 Å². The average molecular weight is 237 g/mol. The Morgan fingerprint density at radius 1 is 1.00 bits per heavy atom. The number of alkyl halides is 3. The minimum atomic E-state index is -0.750. The van der Waals surface area contributed by atoms with Gasteiger partial charge in [-0.15, -0.1) is 0 Å². The van der Waals surface area contributed by atoms with Crippen molar-refractivity contribution in [2.45, 2.75) is 4.30 Å². The molecule has 0 bridgehead atoms. The van der Waals surface area contributed by atoms with Gasteiger partial charge < -0.3 is 0 Å². The summed E-state index contributed by atoms with van der Waals surface area (Å²) in [4.78, 5) is 0. The number of hydrogen-bond acceptors (Lipinski definition) is 0. The van der Waals surface area contributed by atoms with Crippen molar-refractivity contribution >= 4 is 60.6 Å². The summed E-state index contributed by atoms with van der Waals surface area (Å²) in [7, 11) is 0. The fraction of sp³-hybridized carbons (Fsp3) is 1.00. The van der Waals surface area contributed by atoms with Gasteiger partial charge in [0.05, 0.1) is 0 Å². The third-order valence-corrected chi connectivity index (χ3v) is 0. The molecule has 0 amide bonds. The number of rotatable bonds is 0. The van der Waals surface area contributed by atoms with Crippen LogP contribution >= 0.6 is 34.8 Å². The van der Waals surface area contributed by atoms with Crippen LogP contribution in [-0.4, -0.2) is 30.1 Å². The van der Waals surface area contributed by atoms with Crippen LogP contribution in [0.25, 0.3) is 0 Å². The molecule has 0 aromatic heterocycles. The van der Waals surface area contributed by atoms with Crippen LogP contribution in [0.3, 0.4) is 0 Å². The molecule has 4 heteroatoms. The second-order valence-corrected chi connectivity index (χ2v) is 2.23. The number of halogens is 3. The van der Waals surface area contributed by atoms with E-state index in [-0.39, 0.29) is 25.8 Å². The van der Waals surface area contributed by atoms with Crippen LogP contribution in [0.15, 0.2) is 0 Å². The van der Waals surface area contributed by atoms with Gasteiger partial charge in [0.15, 0.2) is 4.30 Å². The van der Waals surface area contributed by atoms with Crippen LogP contribution in [0.2, 0.25) is 0 Å². The number of hydrogen-bond donors (Lipinski definition) is 0. The maximum atomic E-state index is 4.81. The average Bonchev–Trinajstić information content (AvgIpc) is 0.811. The van der Waals surface area contributed by atoms with Crippen LogP contribution in [0.4, 0.5) is 0 Å². The summed E-state index contributed by atoms with van der Waals surface area (Å²) in [5.74, 6) is 0. The molecule has 0 radical (unpaired) electrons. The molecule has 5 heavy (non-hydrogen) atoms. The summed E-state index contributed by atoms with van der Waals surface area (Å²) in [6, 6.07) is 0. The standard InChI is InChI=1S/CHCl3.In.3H/c2-1(3)4;;;;/h1H;;;;. The second kappa shape index (κ2) is 5.74. The van der Waals surface area contributed by atoms with Crippen molar-refractivity contribution < 1.29 is 0 Å². The third-order valence-electron chi connectivity index (χ3n) is 0. The molecule has 0 nitrogen and oxygen atoms in total. The molecular weight excluding hydrogens is 233 g/mol. The van der Waals surface area contributed by atoms with Crippen LogP contribution in [0, 0.1) is 0 Å². The molecule has 0 spiro atoms. The molecule has 0 unspecified atom stereocenters. The Morgan fingerprint density at radius 2 is 1.00 bits per heavy atom. The van der Waals surface area contributed by atoms with E-state index in [2.05, 4.69) is 0 Å². The van der Waals surface area contributed by atoms with Gasteiger partial charge in [0.1, 0.15) is 0 Å². The van der Waals surface area contributed by atoms with Crippen molar-refractivity contribution in [1.29, 1.82) is 0 Å². The molecule has 0 atom stereocenters. The first kappa shape index (κ1) is 9.88. The van der Waals surface area contributed by atoms with Crippen molar-refractivity contribution in [3.05, 3.63) is 0 Å². The van der Waals surface area contributed by atoms with E-state index in [0.29, 0.717) is 0 Å². The Labute approximate surface area is 64.6 Å². The van der Waals surface area contributed by atoms with Crippen molar-refractivity contribution in [3.8, 4) is 0 Å². The maximum absolute atomic E-state index is 4.81. The molecule has 0 aliphatic rings. The van der Waals surface area contributed by atoms with E-state index in [1.807, 2.05) is 0 Å². The summed E-state index contributed by atoms with van der Waals surface area (Å²) < 4.78 is -0.750. The summed E-state index contributed by atoms with van der Waals surface area (Å²) in [6.07, 6.45) is 0. The third kappa shape index (κ3) is 26.5. The van der Waals surface area contributed by atoms with E-state index in [9.17, 15) is 0 Å². The molecule has 0 heterocycles. The molecule has 0 saturated heterocycles. The predicted molar refractivity (Wildman–Crippen MR) is 31.3 cm³/mol. The molecule has 0 aliphatic carbocycles. The Bertz CT molecular complexity index is 11.6. The molecule has 0 saturated carbocycles. The second-order valence-electron chi connectivity index (χ2n) is 0.247. The first-order valence-electron chi connectivity index (χ1n) is 0.655. The Balaban J connectivity index is 0. The van der Waals surface area contributed by atoms with Crippen molar-refractivity contribution in [3.63, 3.8) is 0 Å². The molecule has 0 aromatic rings. The van der Waals surface area contributed by atoms with Gasteiger partial charge in [-0.1, -0.05) is 34.8 Å². The van der Waals surface area contributed by atoms with E-state index in [4.69, 9.17) is 34.8 Å². The first-order chi connectivity index (χ1) is 1.73. The SMILES string of the molecule is ClC(Cl)Cl.[InH3]. The van der Waals surface area contributed by atoms with E-state index < -0.39 is 4.30 Å². The monoisotopic (exact) mass is 236 g/mol. The Kier molecular flexibility index (Phi) is 11.3. The van der Waals surface area contributed by atoms with Gasteiger partial charge >= 0.3 is 25.8 Å². The predicted octanol–water partition coefficient (Wildman–Crippen LogP) is 0.802. The molecule has 0 aliphatic heterocycles. The van der Waals surface area contributed by atoms with E-state index in [1.54, 1.807) is 0 Å². The van der Waals surface area contributed by atoms with E-state index in [0.717, 1.165) is 0 Å². The van der Waals surface area contributed by atoms with Crippen LogP contribution < -0.4 is 0 Å². The molecular formula is CH4Cl3In. The Morgan fingerprint density at radius 3 is 1.00 bits per heavy atom. The zero-order chi connectivity index (χ0) is 3.58. The quantitative estimate of drug-likeness (QED) is 0.547. The van der Waals surface area contributed by atoms with Crippen molar-refractivity contribution in [2.24, 2.45) is 0 Å². The van der Waals surface area contributed by atoms with Crippen molar-refractivity contribution in [1.82, 2.24) is 0 Å². The Hall–Kier alpha value is 1.74. The van der Waals surface area contributed by atoms with Crippen LogP contribution in [0.5, 0.6) is 0 Å². The zero-order valence-electron chi connectivity index (χ0n) is 1.71. The zero-order valence-corrected chi connectivity index (χ0v) is 3.98. The topological polar surface area (TPSA) is 0 Å². The first-order valence-corrected chi connectivity index (χ1v) is 1.96. The van der Waals surface area contributed by atoms with Crippen LogP contribution in [-0.2, 0) is 0 Å². The van der Waals surface area contributed by atoms with Crippen LogP contribution in [0.1, 0.15) is 0 Å². The summed E-state index contributed by atoms with van der Waals surface area (Å²) in [5.41, 5.74) is 0. The summed E-state index contributed by atoms with van der Waals surface area (Å²) in [6.45, 7) is 0. The molecule has 0 N–H and O–H groups in total. The fourth-order valence-corrected chi connectivity index (χ4v) is 0. The molecule has 0 fully saturated rings. The van der Waals surface area contributed by atoms with Gasteiger partial charge in [-0.2, -0.15) is 0 Å². The van der Waals surface area contributed by atoms with Gasteiger partial charge in [0.2, 0.25) is 0 Å². The van der Waals surface area contributed by atoms with E-state index in [1.165, 1.54) is 0 Å². The fourth-order valence-electron chi connectivity index (χ4n) is 0. The molecule has 0 rings (SSSR count). The summed E-state index contributed by atoms with van der Waals surface area (Å²) in [5, 5.41) is 0. The van der Waals surface area contributed by atoms with Gasteiger partial charge in [-0.05, 0) is 0 Å². The normalized spacial score (nSPS) is 7.20. The minimum absolute atomic E-state index is 0.